The molecule has 0 fully saturated rings. The number of pyridine rings is 2. The molecule has 106 valence electrons. The number of amides is 1. The van der Waals surface area contributed by atoms with E-state index in [0.717, 1.165) is 27.7 Å². The van der Waals surface area contributed by atoms with Crippen molar-refractivity contribution in [1.29, 1.82) is 0 Å². The highest BCUT2D eigenvalue weighted by Gasteiger charge is 2.09. The second-order valence-electron chi connectivity index (χ2n) is 4.57. The zero-order valence-corrected chi connectivity index (χ0v) is 11.7. The van der Waals surface area contributed by atoms with Gasteiger partial charge in [0, 0.05) is 29.5 Å². The third-order valence-corrected chi connectivity index (χ3v) is 3.27. The van der Waals surface area contributed by atoms with Crippen molar-refractivity contribution in [2.24, 2.45) is 0 Å². The summed E-state index contributed by atoms with van der Waals surface area (Å²) in [5.41, 5.74) is 3.85. The minimum atomic E-state index is -0.548. The lowest BCUT2D eigenvalue weighted by Crippen LogP contribution is -2.11. The van der Waals surface area contributed by atoms with Crippen molar-refractivity contribution in [2.75, 3.05) is 12.4 Å². The van der Waals surface area contributed by atoms with Crippen LogP contribution in [0.25, 0.3) is 22.0 Å². The normalized spacial score (nSPS) is 10.6. The molecular formula is C15H14N4O2. The highest BCUT2D eigenvalue weighted by molar-refractivity contribution is 5.96. The summed E-state index contributed by atoms with van der Waals surface area (Å²) < 4.78 is 4.57. The molecule has 0 saturated heterocycles. The first-order valence-corrected chi connectivity index (χ1v) is 6.43. The molecule has 6 heteroatoms. The predicted octanol–water partition coefficient (Wildman–Crippen LogP) is 3.11. The Balaban J connectivity index is 2.07. The van der Waals surface area contributed by atoms with Gasteiger partial charge in [-0.2, -0.15) is 0 Å². The Bertz CT molecular complexity index is 810. The Morgan fingerprint density at radius 1 is 1.33 bits per heavy atom. The number of nitrogens with one attached hydrogen (secondary N) is 2. The maximum Gasteiger partial charge on any atom is 0.412 e. The van der Waals surface area contributed by atoms with Crippen LogP contribution < -0.4 is 5.32 Å². The molecule has 0 aliphatic carbocycles. The van der Waals surface area contributed by atoms with Gasteiger partial charge in [0.25, 0.3) is 0 Å². The maximum atomic E-state index is 11.3. The zero-order valence-electron chi connectivity index (χ0n) is 11.7. The molecule has 3 aromatic rings. The smallest absolute Gasteiger partial charge is 0.412 e. The number of hydrogen-bond donors (Lipinski definition) is 2. The fraction of sp³-hybridized carbons (Fsp3) is 0.133. The highest BCUT2D eigenvalue weighted by Crippen LogP contribution is 2.29. The molecule has 3 rings (SSSR count). The van der Waals surface area contributed by atoms with Crippen molar-refractivity contribution in [1.82, 2.24) is 15.0 Å². The van der Waals surface area contributed by atoms with Crippen LogP contribution in [0.5, 0.6) is 0 Å². The minimum absolute atomic E-state index is 0.434. The molecule has 0 unspecified atom stereocenters. The lowest BCUT2D eigenvalue weighted by molar-refractivity contribution is 0.187. The van der Waals surface area contributed by atoms with E-state index in [-0.39, 0.29) is 0 Å². The number of H-pyrrole nitrogens is 1. The Hall–Kier alpha value is -2.89. The summed E-state index contributed by atoms with van der Waals surface area (Å²) in [5.74, 6) is 0.434. The van der Waals surface area contributed by atoms with E-state index in [1.54, 1.807) is 12.3 Å². The number of carbonyl (C=O) groups is 1. The van der Waals surface area contributed by atoms with Crippen LogP contribution in [0.3, 0.4) is 0 Å². The second-order valence-corrected chi connectivity index (χ2v) is 4.57. The molecule has 1 amide bonds. The number of anilines is 1. The van der Waals surface area contributed by atoms with Gasteiger partial charge in [0.15, 0.2) is 0 Å². The number of aromatic nitrogens is 3. The van der Waals surface area contributed by atoms with Gasteiger partial charge in [0.2, 0.25) is 0 Å². The maximum absolute atomic E-state index is 11.3. The SMILES string of the molecule is COC(=O)Nc1cc(-c2cnc(C)c3[nH]ccc23)ccn1. The van der Waals surface area contributed by atoms with Crippen molar-refractivity contribution in [3.05, 3.63) is 42.5 Å². The molecule has 0 spiro atoms. The van der Waals surface area contributed by atoms with Crippen LogP contribution in [0, 0.1) is 6.92 Å². The summed E-state index contributed by atoms with van der Waals surface area (Å²) >= 11 is 0. The summed E-state index contributed by atoms with van der Waals surface area (Å²) in [5, 5.41) is 3.64. The Labute approximate surface area is 121 Å². The number of fused-ring (bicyclic) bond motifs is 1. The van der Waals surface area contributed by atoms with Crippen LogP contribution >= 0.6 is 0 Å². The fourth-order valence-electron chi connectivity index (χ4n) is 2.24. The van der Waals surface area contributed by atoms with E-state index >= 15 is 0 Å². The third kappa shape index (κ3) is 2.43. The first-order valence-electron chi connectivity index (χ1n) is 6.43. The number of hydrogen-bond acceptors (Lipinski definition) is 4. The zero-order chi connectivity index (χ0) is 14.8. The molecule has 0 bridgehead atoms. The molecule has 0 saturated carbocycles. The van der Waals surface area contributed by atoms with Crippen molar-refractivity contribution >= 4 is 22.8 Å². The lowest BCUT2D eigenvalue weighted by Gasteiger charge is -2.07. The van der Waals surface area contributed by atoms with Gasteiger partial charge in [-0.05, 0) is 30.7 Å². The first-order chi connectivity index (χ1) is 10.2. The summed E-state index contributed by atoms with van der Waals surface area (Å²) in [4.78, 5) is 22.9. The van der Waals surface area contributed by atoms with Crippen molar-refractivity contribution in [3.63, 3.8) is 0 Å². The first kappa shape index (κ1) is 13.1. The van der Waals surface area contributed by atoms with Crippen LogP contribution in [0.15, 0.2) is 36.8 Å². The largest absolute Gasteiger partial charge is 0.453 e. The van der Waals surface area contributed by atoms with E-state index in [9.17, 15) is 4.79 Å². The summed E-state index contributed by atoms with van der Waals surface area (Å²) in [6.07, 6.45) is 4.80. The van der Waals surface area contributed by atoms with Crippen molar-refractivity contribution in [3.8, 4) is 11.1 Å². The average molecular weight is 282 g/mol. The molecular weight excluding hydrogens is 268 g/mol. The summed E-state index contributed by atoms with van der Waals surface area (Å²) in [6.45, 7) is 1.96. The molecule has 0 aliphatic rings. The number of aryl methyl sites for hydroxylation is 1. The quantitative estimate of drug-likeness (QED) is 0.756. The molecule has 0 aliphatic heterocycles. The van der Waals surface area contributed by atoms with Gasteiger partial charge in [-0.15, -0.1) is 0 Å². The van der Waals surface area contributed by atoms with E-state index in [1.807, 2.05) is 31.5 Å². The molecule has 6 nitrogen and oxygen atoms in total. The van der Waals surface area contributed by atoms with Crippen molar-refractivity contribution in [2.45, 2.75) is 6.92 Å². The van der Waals surface area contributed by atoms with Crippen LogP contribution in [0.4, 0.5) is 10.6 Å². The number of methoxy groups -OCH3 is 1. The minimum Gasteiger partial charge on any atom is -0.453 e. The standard InChI is InChI=1S/C15H14N4O2/c1-9-14-11(4-6-17-14)12(8-18-9)10-3-5-16-13(7-10)19-15(20)21-2/h3-8,17H,1-2H3,(H,16,19,20). The monoisotopic (exact) mass is 282 g/mol. The Morgan fingerprint density at radius 2 is 2.19 bits per heavy atom. The fourth-order valence-corrected chi connectivity index (χ4v) is 2.24. The summed E-state index contributed by atoms with van der Waals surface area (Å²) in [6, 6.07) is 5.67. The molecule has 0 radical (unpaired) electrons. The molecule has 3 heterocycles. The molecule has 0 atom stereocenters. The van der Waals surface area contributed by atoms with Gasteiger partial charge in [-0.25, -0.2) is 9.78 Å². The highest BCUT2D eigenvalue weighted by atomic mass is 16.5. The topological polar surface area (TPSA) is 79.9 Å². The molecule has 2 N–H and O–H groups in total. The number of carbonyl (C=O) groups excluding carboxylic acids is 1. The number of ether oxygens (including phenoxy) is 1. The van der Waals surface area contributed by atoms with E-state index in [4.69, 9.17) is 0 Å². The van der Waals surface area contributed by atoms with Gasteiger partial charge in [0.05, 0.1) is 18.3 Å². The molecule has 3 aromatic heterocycles. The van der Waals surface area contributed by atoms with Gasteiger partial charge >= 0.3 is 6.09 Å². The number of rotatable bonds is 2. The van der Waals surface area contributed by atoms with E-state index < -0.39 is 6.09 Å². The lowest BCUT2D eigenvalue weighted by atomic mass is 10.0. The molecule has 21 heavy (non-hydrogen) atoms. The Morgan fingerprint density at radius 3 is 3.00 bits per heavy atom. The number of aromatic amines is 1. The third-order valence-electron chi connectivity index (χ3n) is 3.27. The van der Waals surface area contributed by atoms with E-state index in [0.29, 0.717) is 5.82 Å². The van der Waals surface area contributed by atoms with Gasteiger partial charge in [-0.3, -0.25) is 10.3 Å². The predicted molar refractivity (Wildman–Crippen MR) is 80.1 cm³/mol. The second kappa shape index (κ2) is 5.24. The average Bonchev–Trinajstić information content (AvgIpc) is 2.98. The van der Waals surface area contributed by atoms with Crippen molar-refractivity contribution < 1.29 is 9.53 Å². The van der Waals surface area contributed by atoms with Gasteiger partial charge in [-0.1, -0.05) is 0 Å². The molecule has 0 aromatic carbocycles. The van der Waals surface area contributed by atoms with Crippen LogP contribution in [-0.2, 0) is 4.74 Å². The van der Waals surface area contributed by atoms with Crippen LogP contribution in [0.1, 0.15) is 5.69 Å². The van der Waals surface area contributed by atoms with E-state index in [1.165, 1.54) is 7.11 Å². The van der Waals surface area contributed by atoms with Crippen LogP contribution in [-0.4, -0.2) is 28.2 Å². The van der Waals surface area contributed by atoms with Crippen LogP contribution in [0.2, 0.25) is 0 Å². The summed E-state index contributed by atoms with van der Waals surface area (Å²) in [7, 11) is 1.31. The van der Waals surface area contributed by atoms with Gasteiger partial charge < -0.3 is 9.72 Å². The number of nitrogens with zero attached hydrogens (tertiary/aromatic N) is 2. The van der Waals surface area contributed by atoms with Gasteiger partial charge in [0.1, 0.15) is 5.82 Å². The van der Waals surface area contributed by atoms with E-state index in [2.05, 4.69) is 25.0 Å². The Kier molecular flexibility index (Phi) is 3.27.